The third kappa shape index (κ3) is 4.98. The fourth-order valence-electron chi connectivity index (χ4n) is 1.15. The number of Topliss-reactive ketones (excluding diaryl/α,β-unsaturated/α-hetero) is 1. The minimum Gasteiger partial charge on any atom is -0.404 e. The van der Waals surface area contributed by atoms with Gasteiger partial charge in [0.15, 0.2) is 0 Å². The number of carbonyl (C=O) groups is 1. The summed E-state index contributed by atoms with van der Waals surface area (Å²) in [4.78, 5) is 10.7. The van der Waals surface area contributed by atoms with Crippen LogP contribution in [0, 0.1) is 0 Å². The van der Waals surface area contributed by atoms with Crippen LogP contribution in [0.3, 0.4) is 0 Å². The molecule has 0 bridgehead atoms. The molecule has 0 heterocycles. The van der Waals surface area contributed by atoms with Crippen LogP contribution in [0.2, 0.25) is 5.02 Å². The molecule has 9 heteroatoms. The Morgan fingerprint density at radius 3 is 2.16 bits per heavy atom. The zero-order valence-electron chi connectivity index (χ0n) is 8.90. The second-order valence-corrected chi connectivity index (χ2v) is 3.82. The standard InChI is InChI=1S/C10H5ClF6O2/c11-6-3-5(4-8(18)9(12,13)14)1-2-7(6)19-10(15,16)17/h1-3H,4H2. The highest BCUT2D eigenvalue weighted by atomic mass is 35.5. The highest BCUT2D eigenvalue weighted by Gasteiger charge is 2.38. The van der Waals surface area contributed by atoms with Crippen molar-refractivity contribution < 1.29 is 35.9 Å². The lowest BCUT2D eigenvalue weighted by molar-refractivity contribution is -0.274. The van der Waals surface area contributed by atoms with E-state index in [4.69, 9.17) is 11.6 Å². The molecule has 19 heavy (non-hydrogen) atoms. The van der Waals surface area contributed by atoms with Crippen LogP contribution in [-0.2, 0) is 11.2 Å². The fraction of sp³-hybridized carbons (Fsp3) is 0.300. The molecule has 0 unspecified atom stereocenters. The summed E-state index contributed by atoms with van der Waals surface area (Å²) < 4.78 is 75.2. The molecule has 0 amide bonds. The minimum absolute atomic E-state index is 0.165. The first-order valence-electron chi connectivity index (χ1n) is 4.63. The fourth-order valence-corrected chi connectivity index (χ4v) is 1.39. The Balaban J connectivity index is 2.86. The summed E-state index contributed by atoms with van der Waals surface area (Å²) in [5, 5.41) is -0.537. The summed E-state index contributed by atoms with van der Waals surface area (Å²) in [5.41, 5.74) is -0.165. The molecule has 0 aliphatic rings. The second kappa shape index (κ2) is 5.28. The number of halogens is 7. The smallest absolute Gasteiger partial charge is 0.404 e. The lowest BCUT2D eigenvalue weighted by Crippen LogP contribution is -2.24. The summed E-state index contributed by atoms with van der Waals surface area (Å²) in [6, 6.07) is 2.46. The van der Waals surface area contributed by atoms with E-state index in [1.807, 2.05) is 0 Å². The average molecular weight is 307 g/mol. The third-order valence-corrected chi connectivity index (χ3v) is 2.20. The molecular weight excluding hydrogens is 302 g/mol. The van der Waals surface area contributed by atoms with Gasteiger partial charge in [-0.05, 0) is 17.7 Å². The van der Waals surface area contributed by atoms with E-state index in [-0.39, 0.29) is 5.56 Å². The maximum Gasteiger partial charge on any atom is 0.573 e. The highest BCUT2D eigenvalue weighted by molar-refractivity contribution is 6.32. The number of ether oxygens (including phenoxy) is 1. The molecule has 0 atom stereocenters. The lowest BCUT2D eigenvalue weighted by atomic mass is 10.1. The summed E-state index contributed by atoms with van der Waals surface area (Å²) in [5.74, 6) is -2.77. The molecule has 106 valence electrons. The number of alkyl halides is 6. The molecule has 0 N–H and O–H groups in total. The van der Waals surface area contributed by atoms with E-state index >= 15 is 0 Å². The number of carbonyl (C=O) groups excluding carboxylic acids is 1. The molecule has 0 aliphatic heterocycles. The van der Waals surface area contributed by atoms with Crippen LogP contribution in [0.5, 0.6) is 5.75 Å². The summed E-state index contributed by atoms with van der Waals surface area (Å²) in [6.07, 6.45) is -11.0. The van der Waals surface area contributed by atoms with E-state index < -0.39 is 35.5 Å². The first-order valence-corrected chi connectivity index (χ1v) is 5.01. The van der Waals surface area contributed by atoms with Crippen LogP contribution in [0.25, 0.3) is 0 Å². The Labute approximate surface area is 107 Å². The Morgan fingerprint density at radius 2 is 1.74 bits per heavy atom. The van der Waals surface area contributed by atoms with Gasteiger partial charge in [0.2, 0.25) is 5.78 Å². The zero-order valence-corrected chi connectivity index (χ0v) is 9.66. The van der Waals surface area contributed by atoms with E-state index in [1.165, 1.54) is 0 Å². The van der Waals surface area contributed by atoms with Crippen molar-refractivity contribution in [3.05, 3.63) is 28.8 Å². The van der Waals surface area contributed by atoms with Crippen LogP contribution < -0.4 is 4.74 Å². The number of hydrogen-bond acceptors (Lipinski definition) is 2. The van der Waals surface area contributed by atoms with Crippen molar-refractivity contribution in [1.82, 2.24) is 0 Å². The number of hydrogen-bond donors (Lipinski definition) is 0. The van der Waals surface area contributed by atoms with Crippen molar-refractivity contribution >= 4 is 17.4 Å². The zero-order chi connectivity index (χ0) is 14.8. The monoisotopic (exact) mass is 306 g/mol. The molecule has 1 rings (SSSR count). The molecule has 0 aliphatic carbocycles. The Kier molecular flexibility index (Phi) is 4.34. The normalized spacial score (nSPS) is 12.4. The SMILES string of the molecule is O=C(Cc1ccc(OC(F)(F)F)c(Cl)c1)C(F)(F)F. The summed E-state index contributed by atoms with van der Waals surface area (Å²) in [6.45, 7) is 0. The first kappa shape index (κ1) is 15.6. The van der Waals surface area contributed by atoms with Crippen molar-refractivity contribution in [3.8, 4) is 5.75 Å². The molecule has 2 nitrogen and oxygen atoms in total. The van der Waals surface area contributed by atoms with Gasteiger partial charge in [-0.3, -0.25) is 4.79 Å². The molecule has 0 aromatic heterocycles. The first-order chi connectivity index (χ1) is 8.49. The highest BCUT2D eigenvalue weighted by Crippen LogP contribution is 2.31. The maximum absolute atomic E-state index is 12.0. The number of rotatable bonds is 3. The van der Waals surface area contributed by atoms with Crippen LogP contribution in [0.15, 0.2) is 18.2 Å². The molecular formula is C10H5ClF6O2. The van der Waals surface area contributed by atoms with E-state index in [0.29, 0.717) is 0 Å². The van der Waals surface area contributed by atoms with Gasteiger partial charge in [0.25, 0.3) is 0 Å². The molecule has 0 spiro atoms. The summed E-state index contributed by atoms with van der Waals surface area (Å²) in [7, 11) is 0. The quantitative estimate of drug-likeness (QED) is 0.791. The van der Waals surface area contributed by atoms with Gasteiger partial charge < -0.3 is 4.74 Å². The molecule has 0 saturated carbocycles. The summed E-state index contributed by atoms with van der Waals surface area (Å²) >= 11 is 5.42. The van der Waals surface area contributed by atoms with Gasteiger partial charge in [-0.1, -0.05) is 17.7 Å². The van der Waals surface area contributed by atoms with Crippen molar-refractivity contribution in [2.24, 2.45) is 0 Å². The van der Waals surface area contributed by atoms with Crippen LogP contribution in [0.1, 0.15) is 5.56 Å². The van der Waals surface area contributed by atoms with Gasteiger partial charge >= 0.3 is 12.5 Å². The van der Waals surface area contributed by atoms with Crippen molar-refractivity contribution in [2.75, 3.05) is 0 Å². The van der Waals surface area contributed by atoms with Crippen molar-refractivity contribution in [2.45, 2.75) is 19.0 Å². The predicted octanol–water partition coefficient (Wildman–Crippen LogP) is 3.91. The number of benzene rings is 1. The molecule has 0 saturated heterocycles. The van der Waals surface area contributed by atoms with Crippen LogP contribution in [0.4, 0.5) is 26.3 Å². The van der Waals surface area contributed by atoms with Gasteiger partial charge in [0, 0.05) is 6.42 Å². The predicted molar refractivity (Wildman–Crippen MR) is 52.9 cm³/mol. The van der Waals surface area contributed by atoms with Gasteiger partial charge in [0.1, 0.15) is 5.75 Å². The Morgan fingerprint density at radius 1 is 1.16 bits per heavy atom. The van der Waals surface area contributed by atoms with Gasteiger partial charge in [-0.15, -0.1) is 13.2 Å². The van der Waals surface area contributed by atoms with Crippen LogP contribution in [-0.4, -0.2) is 18.3 Å². The van der Waals surface area contributed by atoms with E-state index in [1.54, 1.807) is 0 Å². The van der Waals surface area contributed by atoms with E-state index in [9.17, 15) is 31.1 Å². The topological polar surface area (TPSA) is 26.3 Å². The molecule has 1 aromatic rings. The Bertz CT molecular complexity index is 480. The molecule has 0 fully saturated rings. The average Bonchev–Trinajstić information content (AvgIpc) is 2.19. The third-order valence-electron chi connectivity index (χ3n) is 1.90. The van der Waals surface area contributed by atoms with E-state index in [0.717, 1.165) is 18.2 Å². The van der Waals surface area contributed by atoms with Crippen LogP contribution >= 0.6 is 11.6 Å². The number of ketones is 1. The van der Waals surface area contributed by atoms with Crippen molar-refractivity contribution in [1.29, 1.82) is 0 Å². The van der Waals surface area contributed by atoms with Crippen molar-refractivity contribution in [3.63, 3.8) is 0 Å². The Hall–Kier alpha value is -1.44. The second-order valence-electron chi connectivity index (χ2n) is 3.41. The van der Waals surface area contributed by atoms with Gasteiger partial charge in [-0.2, -0.15) is 13.2 Å². The molecule has 0 radical (unpaired) electrons. The van der Waals surface area contributed by atoms with E-state index in [2.05, 4.69) is 4.74 Å². The largest absolute Gasteiger partial charge is 0.573 e. The maximum atomic E-state index is 12.0. The molecule has 1 aromatic carbocycles. The lowest BCUT2D eigenvalue weighted by Gasteiger charge is -2.11. The van der Waals surface area contributed by atoms with Gasteiger partial charge in [0.05, 0.1) is 5.02 Å². The minimum atomic E-state index is -5.01. The van der Waals surface area contributed by atoms with Gasteiger partial charge in [-0.25, -0.2) is 0 Å².